The zero-order valence-corrected chi connectivity index (χ0v) is 14.3. The van der Waals surface area contributed by atoms with Crippen molar-refractivity contribution >= 4 is 11.6 Å². The van der Waals surface area contributed by atoms with Crippen molar-refractivity contribution in [3.63, 3.8) is 0 Å². The van der Waals surface area contributed by atoms with Crippen LogP contribution in [0.1, 0.15) is 29.3 Å². The van der Waals surface area contributed by atoms with Crippen LogP contribution in [-0.4, -0.2) is 17.1 Å². The first-order valence-electron chi connectivity index (χ1n) is 8.20. The van der Waals surface area contributed by atoms with Gasteiger partial charge >= 0.3 is 0 Å². The van der Waals surface area contributed by atoms with Crippen LogP contribution in [-0.2, 0) is 13.0 Å². The zero-order valence-electron chi connectivity index (χ0n) is 13.6. The van der Waals surface area contributed by atoms with E-state index in [9.17, 15) is 0 Å². The third-order valence-electron chi connectivity index (χ3n) is 4.74. The van der Waals surface area contributed by atoms with E-state index in [-0.39, 0.29) is 0 Å². The second-order valence-corrected chi connectivity index (χ2v) is 6.79. The molecule has 122 valence electrons. The molecule has 0 radical (unpaired) electrons. The molecule has 1 aliphatic carbocycles. The maximum absolute atomic E-state index is 5.94. The Kier molecular flexibility index (Phi) is 4.13. The monoisotopic (exact) mass is 338 g/mol. The molecule has 3 nitrogen and oxygen atoms in total. The van der Waals surface area contributed by atoms with Crippen molar-refractivity contribution in [3.8, 4) is 11.3 Å². The molecule has 3 aromatic rings. The van der Waals surface area contributed by atoms with E-state index in [0.29, 0.717) is 6.04 Å². The maximum Gasteiger partial charge on any atom is 0.151 e. The number of rotatable bonds is 4. The minimum atomic E-state index is 0.449. The molecular weight excluding hydrogens is 320 g/mol. The second kappa shape index (κ2) is 6.42. The Morgan fingerprint density at radius 1 is 1.17 bits per heavy atom. The first-order valence-corrected chi connectivity index (χ1v) is 8.58. The first-order chi connectivity index (χ1) is 11.7. The number of halogens is 1. The molecule has 1 heterocycles. The number of nitrogens with zero attached hydrogens (tertiary/aromatic N) is 2. The van der Waals surface area contributed by atoms with E-state index in [4.69, 9.17) is 16.1 Å². The Labute approximate surface area is 146 Å². The average molecular weight is 339 g/mol. The standard InChI is InChI=1S/C20H19ClN2O/c1-23(20-11-8-14-4-2-3-5-18(14)20)13-17-12-19(22-24-17)15-6-9-16(21)10-7-15/h2-7,9-10,12,20H,8,11,13H2,1H3. The van der Waals surface area contributed by atoms with Crippen LogP contribution in [0.25, 0.3) is 11.3 Å². The molecule has 24 heavy (non-hydrogen) atoms. The fourth-order valence-corrected chi connectivity index (χ4v) is 3.62. The third-order valence-corrected chi connectivity index (χ3v) is 4.99. The van der Waals surface area contributed by atoms with E-state index in [2.05, 4.69) is 41.4 Å². The van der Waals surface area contributed by atoms with Crippen LogP contribution < -0.4 is 0 Å². The highest BCUT2D eigenvalue weighted by molar-refractivity contribution is 6.30. The molecule has 0 aliphatic heterocycles. The van der Waals surface area contributed by atoms with Gasteiger partial charge < -0.3 is 4.52 Å². The molecule has 0 bridgehead atoms. The van der Waals surface area contributed by atoms with Gasteiger partial charge in [-0.05, 0) is 43.1 Å². The summed E-state index contributed by atoms with van der Waals surface area (Å²) >= 11 is 5.94. The molecule has 1 atom stereocenters. The highest BCUT2D eigenvalue weighted by Crippen LogP contribution is 2.35. The van der Waals surface area contributed by atoms with E-state index >= 15 is 0 Å². The van der Waals surface area contributed by atoms with Crippen LogP contribution in [0.5, 0.6) is 0 Å². The summed E-state index contributed by atoms with van der Waals surface area (Å²) in [5.74, 6) is 0.881. The Morgan fingerprint density at radius 3 is 2.79 bits per heavy atom. The van der Waals surface area contributed by atoms with Gasteiger partial charge in [0.15, 0.2) is 5.76 Å². The van der Waals surface area contributed by atoms with Crippen molar-refractivity contribution < 1.29 is 4.52 Å². The van der Waals surface area contributed by atoms with Crippen LogP contribution in [0.15, 0.2) is 59.1 Å². The van der Waals surface area contributed by atoms with Crippen molar-refractivity contribution in [2.75, 3.05) is 7.05 Å². The molecule has 1 aromatic heterocycles. The number of hydrogen-bond acceptors (Lipinski definition) is 3. The molecule has 0 N–H and O–H groups in total. The average Bonchev–Trinajstić information content (AvgIpc) is 3.22. The van der Waals surface area contributed by atoms with E-state index in [1.807, 2.05) is 30.3 Å². The van der Waals surface area contributed by atoms with Gasteiger partial charge in [-0.2, -0.15) is 0 Å². The van der Waals surface area contributed by atoms with Crippen LogP contribution in [0, 0.1) is 0 Å². The lowest BCUT2D eigenvalue weighted by atomic mass is 10.1. The van der Waals surface area contributed by atoms with E-state index in [1.54, 1.807) is 0 Å². The lowest BCUT2D eigenvalue weighted by Gasteiger charge is -2.23. The second-order valence-electron chi connectivity index (χ2n) is 6.35. The van der Waals surface area contributed by atoms with Gasteiger partial charge in [0.1, 0.15) is 5.69 Å². The minimum Gasteiger partial charge on any atom is -0.359 e. The van der Waals surface area contributed by atoms with E-state index in [0.717, 1.165) is 41.4 Å². The summed E-state index contributed by atoms with van der Waals surface area (Å²) in [5.41, 5.74) is 4.77. The van der Waals surface area contributed by atoms with Gasteiger partial charge in [-0.15, -0.1) is 0 Å². The number of hydrogen-bond donors (Lipinski definition) is 0. The molecule has 2 aromatic carbocycles. The normalized spacial score (nSPS) is 16.5. The maximum atomic E-state index is 5.94. The molecule has 0 saturated heterocycles. The molecule has 0 fully saturated rings. The van der Waals surface area contributed by atoms with Crippen molar-refractivity contribution in [1.82, 2.24) is 10.1 Å². The summed E-state index contributed by atoms with van der Waals surface area (Å²) in [4.78, 5) is 2.35. The number of fused-ring (bicyclic) bond motifs is 1. The van der Waals surface area contributed by atoms with Crippen molar-refractivity contribution in [3.05, 3.63) is 76.5 Å². The Bertz CT molecular complexity index is 841. The van der Waals surface area contributed by atoms with Crippen LogP contribution in [0.4, 0.5) is 0 Å². The van der Waals surface area contributed by atoms with Crippen molar-refractivity contribution in [2.24, 2.45) is 0 Å². The quantitative estimate of drug-likeness (QED) is 0.661. The predicted octanol–water partition coefficient (Wildman–Crippen LogP) is 5.11. The summed E-state index contributed by atoms with van der Waals surface area (Å²) in [5, 5.41) is 4.92. The van der Waals surface area contributed by atoms with E-state index in [1.165, 1.54) is 11.1 Å². The fraction of sp³-hybridized carbons (Fsp3) is 0.250. The van der Waals surface area contributed by atoms with Gasteiger partial charge in [-0.1, -0.05) is 53.2 Å². The topological polar surface area (TPSA) is 29.3 Å². The summed E-state index contributed by atoms with van der Waals surface area (Å²) < 4.78 is 5.54. The van der Waals surface area contributed by atoms with E-state index < -0.39 is 0 Å². The van der Waals surface area contributed by atoms with Gasteiger partial charge in [-0.25, -0.2) is 0 Å². The van der Waals surface area contributed by atoms with Gasteiger partial charge in [0.25, 0.3) is 0 Å². The molecule has 1 aliphatic rings. The smallest absolute Gasteiger partial charge is 0.151 e. The zero-order chi connectivity index (χ0) is 16.5. The van der Waals surface area contributed by atoms with Gasteiger partial charge in [0.05, 0.1) is 6.54 Å². The van der Waals surface area contributed by atoms with Crippen LogP contribution in [0.2, 0.25) is 5.02 Å². The highest BCUT2D eigenvalue weighted by Gasteiger charge is 2.26. The first kappa shape index (κ1) is 15.4. The lowest BCUT2D eigenvalue weighted by Crippen LogP contribution is -2.22. The van der Waals surface area contributed by atoms with Crippen molar-refractivity contribution in [2.45, 2.75) is 25.4 Å². The Hall–Kier alpha value is -2.10. The predicted molar refractivity (Wildman–Crippen MR) is 95.9 cm³/mol. The number of aromatic nitrogens is 1. The van der Waals surface area contributed by atoms with Gasteiger partial charge in [-0.3, -0.25) is 4.90 Å². The molecule has 0 amide bonds. The van der Waals surface area contributed by atoms with Crippen LogP contribution >= 0.6 is 11.6 Å². The molecule has 1 unspecified atom stereocenters. The van der Waals surface area contributed by atoms with Crippen LogP contribution in [0.3, 0.4) is 0 Å². The van der Waals surface area contributed by atoms with Gasteiger partial charge in [0, 0.05) is 22.7 Å². The summed E-state index contributed by atoms with van der Waals surface area (Å²) in [6.07, 6.45) is 2.31. The molecule has 4 rings (SSSR count). The Morgan fingerprint density at radius 2 is 1.96 bits per heavy atom. The molecule has 0 spiro atoms. The minimum absolute atomic E-state index is 0.449. The summed E-state index contributed by atoms with van der Waals surface area (Å²) in [7, 11) is 2.15. The Balaban J connectivity index is 1.49. The SMILES string of the molecule is CN(Cc1cc(-c2ccc(Cl)cc2)no1)C1CCc2ccccc21. The summed E-state index contributed by atoms with van der Waals surface area (Å²) in [6.45, 7) is 0.750. The number of aryl methyl sites for hydroxylation is 1. The largest absolute Gasteiger partial charge is 0.359 e. The lowest BCUT2D eigenvalue weighted by molar-refractivity contribution is 0.208. The van der Waals surface area contributed by atoms with Crippen molar-refractivity contribution in [1.29, 1.82) is 0 Å². The third kappa shape index (κ3) is 2.97. The summed E-state index contributed by atoms with van der Waals surface area (Å²) in [6, 6.07) is 18.8. The molecular formula is C20H19ClN2O. The highest BCUT2D eigenvalue weighted by atomic mass is 35.5. The molecule has 0 saturated carbocycles. The molecule has 4 heteroatoms. The fourth-order valence-electron chi connectivity index (χ4n) is 3.49. The van der Waals surface area contributed by atoms with Gasteiger partial charge in [0.2, 0.25) is 0 Å². The number of benzene rings is 2.